The van der Waals surface area contributed by atoms with Gasteiger partial charge in [-0.3, -0.25) is 4.31 Å². The van der Waals surface area contributed by atoms with Crippen molar-refractivity contribution >= 4 is 39.1 Å². The Labute approximate surface area is 203 Å². The van der Waals surface area contributed by atoms with Crippen LogP contribution in [-0.4, -0.2) is 31.0 Å². The molecule has 0 spiro atoms. The topological polar surface area (TPSA) is 96.8 Å². The lowest BCUT2D eigenvalue weighted by molar-refractivity contribution is 0.0696. The van der Waals surface area contributed by atoms with Crippen molar-refractivity contribution in [3.05, 3.63) is 75.8 Å². The second-order valence-electron chi connectivity index (χ2n) is 8.59. The first-order chi connectivity index (χ1) is 16.2. The van der Waals surface area contributed by atoms with E-state index >= 15 is 0 Å². The van der Waals surface area contributed by atoms with E-state index in [2.05, 4.69) is 4.98 Å². The fraction of sp³-hybridized carbons (Fsp3) is 0.280. The average Bonchev–Trinajstić information content (AvgIpc) is 3.48. The van der Waals surface area contributed by atoms with E-state index in [1.54, 1.807) is 23.6 Å². The zero-order valence-corrected chi connectivity index (χ0v) is 20.8. The second-order valence-corrected chi connectivity index (χ2v) is 11.5. The monoisotopic (exact) mass is 498 g/mol. The van der Waals surface area contributed by atoms with Crippen LogP contribution >= 0.6 is 11.3 Å². The standard InChI is InChI=1S/C25H26N2O5S2/c1-16(2)14-27(34(30,31)25-26-9-10-33-25)22-12-18-5-4-6-19(18)13-23(22)32-15-21-8-7-20(24(28)29)11-17(21)3/h4,6-13,16H,5,14-15H2,1-3H3,(H,28,29). The quantitative estimate of drug-likeness (QED) is 0.438. The highest BCUT2D eigenvalue weighted by atomic mass is 32.2. The summed E-state index contributed by atoms with van der Waals surface area (Å²) in [6.45, 7) is 6.21. The fourth-order valence-corrected chi connectivity index (χ4v) is 6.38. The molecule has 0 amide bonds. The maximum absolute atomic E-state index is 13.6. The molecule has 0 saturated carbocycles. The Hall–Kier alpha value is -3.17. The SMILES string of the molecule is Cc1cc(C(=O)O)ccc1COc1cc2c(cc1N(CC(C)C)S(=O)(=O)c1nccs1)CC=C2. The van der Waals surface area contributed by atoms with Crippen LogP contribution in [0.1, 0.15) is 46.5 Å². The smallest absolute Gasteiger partial charge is 0.335 e. The largest absolute Gasteiger partial charge is 0.487 e. The minimum atomic E-state index is -3.88. The molecule has 34 heavy (non-hydrogen) atoms. The van der Waals surface area contributed by atoms with E-state index in [-0.39, 0.29) is 29.0 Å². The molecule has 4 rings (SSSR count). The average molecular weight is 499 g/mol. The van der Waals surface area contributed by atoms with Crippen molar-refractivity contribution in [3.8, 4) is 5.75 Å². The molecule has 0 aliphatic heterocycles. The number of ether oxygens (including phenoxy) is 1. The number of hydrogen-bond acceptors (Lipinski definition) is 6. The molecule has 0 saturated heterocycles. The number of fused-ring (bicyclic) bond motifs is 1. The molecule has 0 unspecified atom stereocenters. The molecule has 1 aliphatic carbocycles. The van der Waals surface area contributed by atoms with Gasteiger partial charge in [0.25, 0.3) is 10.0 Å². The lowest BCUT2D eigenvalue weighted by atomic mass is 10.1. The number of carbonyl (C=O) groups is 1. The summed E-state index contributed by atoms with van der Waals surface area (Å²) in [4.78, 5) is 15.3. The van der Waals surface area contributed by atoms with E-state index in [0.717, 1.165) is 40.0 Å². The van der Waals surface area contributed by atoms with Gasteiger partial charge in [-0.1, -0.05) is 32.1 Å². The Morgan fingerprint density at radius 2 is 2.06 bits per heavy atom. The van der Waals surface area contributed by atoms with Crippen LogP contribution in [-0.2, 0) is 23.1 Å². The first-order valence-corrected chi connectivity index (χ1v) is 13.2. The molecule has 1 heterocycles. The number of rotatable bonds is 9. The highest BCUT2D eigenvalue weighted by Crippen LogP contribution is 2.39. The van der Waals surface area contributed by atoms with Crippen LogP contribution in [0.4, 0.5) is 5.69 Å². The minimum Gasteiger partial charge on any atom is -0.487 e. The first kappa shape index (κ1) is 24.0. The first-order valence-electron chi connectivity index (χ1n) is 10.9. The zero-order valence-electron chi connectivity index (χ0n) is 19.2. The number of nitrogens with zero attached hydrogens (tertiary/aromatic N) is 2. The molecule has 0 fully saturated rings. The van der Waals surface area contributed by atoms with Crippen LogP contribution in [0.15, 0.2) is 52.3 Å². The highest BCUT2D eigenvalue weighted by Gasteiger charge is 2.31. The van der Waals surface area contributed by atoms with Gasteiger partial charge in [0.15, 0.2) is 0 Å². The van der Waals surface area contributed by atoms with Crippen molar-refractivity contribution < 1.29 is 23.1 Å². The van der Waals surface area contributed by atoms with E-state index in [1.165, 1.54) is 10.5 Å². The van der Waals surface area contributed by atoms with Crippen LogP contribution in [0, 0.1) is 12.8 Å². The summed E-state index contributed by atoms with van der Waals surface area (Å²) >= 11 is 1.09. The number of hydrogen-bond donors (Lipinski definition) is 1. The summed E-state index contributed by atoms with van der Waals surface area (Å²) in [7, 11) is -3.88. The van der Waals surface area contributed by atoms with Gasteiger partial charge in [-0.05, 0) is 65.8 Å². The number of carboxylic acids is 1. The van der Waals surface area contributed by atoms with Gasteiger partial charge < -0.3 is 9.84 Å². The van der Waals surface area contributed by atoms with E-state index in [1.807, 2.05) is 45.1 Å². The minimum absolute atomic E-state index is 0.0397. The number of aromatic carboxylic acids is 1. The summed E-state index contributed by atoms with van der Waals surface area (Å²) in [6.07, 6.45) is 6.25. The van der Waals surface area contributed by atoms with Gasteiger partial charge in [-0.2, -0.15) is 8.42 Å². The molecule has 0 bridgehead atoms. The third-order valence-electron chi connectivity index (χ3n) is 5.55. The zero-order chi connectivity index (χ0) is 24.5. The number of aromatic nitrogens is 1. The van der Waals surface area contributed by atoms with Crippen molar-refractivity contribution in [1.82, 2.24) is 4.98 Å². The van der Waals surface area contributed by atoms with Crippen LogP contribution in [0.3, 0.4) is 0 Å². The molecule has 2 aromatic carbocycles. The number of sulfonamides is 1. The third kappa shape index (κ3) is 4.85. The maximum atomic E-state index is 13.6. The van der Waals surface area contributed by atoms with Crippen LogP contribution in [0.2, 0.25) is 0 Å². The van der Waals surface area contributed by atoms with Crippen molar-refractivity contribution in [3.63, 3.8) is 0 Å². The summed E-state index contributed by atoms with van der Waals surface area (Å²) in [5.74, 6) is -0.465. The molecule has 1 aromatic heterocycles. The Morgan fingerprint density at radius 3 is 2.71 bits per heavy atom. The third-order valence-corrected chi connectivity index (χ3v) is 8.51. The van der Waals surface area contributed by atoms with Crippen molar-refractivity contribution in [2.24, 2.45) is 5.92 Å². The number of thiazole rings is 1. The van der Waals surface area contributed by atoms with Crippen molar-refractivity contribution in [2.45, 2.75) is 38.1 Å². The fourth-order valence-electron chi connectivity index (χ4n) is 3.82. The maximum Gasteiger partial charge on any atom is 0.335 e. The van der Waals surface area contributed by atoms with Gasteiger partial charge in [-0.25, -0.2) is 9.78 Å². The van der Waals surface area contributed by atoms with Crippen LogP contribution < -0.4 is 9.04 Å². The number of anilines is 1. The van der Waals surface area contributed by atoms with Gasteiger partial charge in [0.05, 0.1) is 11.3 Å². The van der Waals surface area contributed by atoms with Crippen molar-refractivity contribution in [2.75, 3.05) is 10.8 Å². The molecule has 1 aliphatic rings. The lowest BCUT2D eigenvalue weighted by Crippen LogP contribution is -2.34. The number of aryl methyl sites for hydroxylation is 1. The van der Waals surface area contributed by atoms with E-state index in [0.29, 0.717) is 11.4 Å². The van der Waals surface area contributed by atoms with Gasteiger partial charge >= 0.3 is 5.97 Å². The summed E-state index contributed by atoms with van der Waals surface area (Å²) in [5.41, 5.74) is 4.33. The molecule has 7 nitrogen and oxygen atoms in total. The van der Waals surface area contributed by atoms with Gasteiger partial charge in [-0.15, -0.1) is 11.3 Å². The predicted molar refractivity (Wildman–Crippen MR) is 133 cm³/mol. The Morgan fingerprint density at radius 1 is 1.26 bits per heavy atom. The molecule has 3 aromatic rings. The molecular formula is C25H26N2O5S2. The normalized spacial score (nSPS) is 12.7. The van der Waals surface area contributed by atoms with Gasteiger partial charge in [0.1, 0.15) is 12.4 Å². The van der Waals surface area contributed by atoms with E-state index in [9.17, 15) is 18.3 Å². The second kappa shape index (κ2) is 9.60. The van der Waals surface area contributed by atoms with E-state index in [4.69, 9.17) is 4.74 Å². The van der Waals surface area contributed by atoms with Crippen molar-refractivity contribution in [1.29, 1.82) is 0 Å². The molecule has 0 radical (unpaired) electrons. The molecular weight excluding hydrogens is 472 g/mol. The van der Waals surface area contributed by atoms with Gasteiger partial charge in [0, 0.05) is 18.1 Å². The highest BCUT2D eigenvalue weighted by molar-refractivity contribution is 7.94. The Kier molecular flexibility index (Phi) is 6.77. The number of carboxylic acid groups (broad SMARTS) is 1. The Bertz CT molecular complexity index is 1350. The molecule has 1 N–H and O–H groups in total. The lowest BCUT2D eigenvalue weighted by Gasteiger charge is -2.28. The van der Waals surface area contributed by atoms with Gasteiger partial charge in [0.2, 0.25) is 4.34 Å². The summed E-state index contributed by atoms with van der Waals surface area (Å²) in [6, 6.07) is 8.63. The summed E-state index contributed by atoms with van der Waals surface area (Å²) < 4.78 is 34.8. The summed E-state index contributed by atoms with van der Waals surface area (Å²) in [5, 5.41) is 10.9. The molecule has 9 heteroatoms. The molecule has 178 valence electrons. The predicted octanol–water partition coefficient (Wildman–Crippen LogP) is 5.15. The van der Waals surface area contributed by atoms with Crippen LogP contribution in [0.25, 0.3) is 6.08 Å². The van der Waals surface area contributed by atoms with Crippen LogP contribution in [0.5, 0.6) is 5.75 Å². The molecule has 0 atom stereocenters. The Balaban J connectivity index is 1.74. The number of allylic oxidation sites excluding steroid dienone is 1. The van der Waals surface area contributed by atoms with E-state index < -0.39 is 16.0 Å². The number of benzene rings is 2.